The van der Waals surface area contributed by atoms with Crippen LogP contribution >= 0.6 is 0 Å². The maximum atomic E-state index is 9.98. The van der Waals surface area contributed by atoms with Gasteiger partial charge in [-0.15, -0.1) is 0 Å². The van der Waals surface area contributed by atoms with E-state index in [4.69, 9.17) is 0 Å². The van der Waals surface area contributed by atoms with E-state index in [9.17, 15) is 10.5 Å². The van der Waals surface area contributed by atoms with Crippen LogP contribution in [0.25, 0.3) is 61.3 Å². The highest BCUT2D eigenvalue weighted by atomic mass is 15.0. The fourth-order valence-corrected chi connectivity index (χ4v) is 6.63. The van der Waals surface area contributed by atoms with Gasteiger partial charge in [-0.25, -0.2) is 0 Å². The van der Waals surface area contributed by atoms with E-state index in [1.54, 1.807) is 0 Å². The monoisotopic (exact) mass is 536 g/mol. The van der Waals surface area contributed by atoms with Crippen molar-refractivity contribution in [2.24, 2.45) is 0 Å². The van der Waals surface area contributed by atoms with E-state index in [2.05, 4.69) is 94.1 Å². The summed E-state index contributed by atoms with van der Waals surface area (Å²) in [6, 6.07) is 42.1. The van der Waals surface area contributed by atoms with Gasteiger partial charge < -0.3 is 9.13 Å². The lowest BCUT2D eigenvalue weighted by molar-refractivity contribution is 0.966. The minimum absolute atomic E-state index is 0.640. The zero-order valence-electron chi connectivity index (χ0n) is 22.8. The number of nitrogens with zero attached hydrogens (tertiary/aromatic N) is 4. The number of allylic oxidation sites excluding steroid dienone is 1. The molecule has 0 unspecified atom stereocenters. The number of nitriles is 2. The van der Waals surface area contributed by atoms with Gasteiger partial charge in [-0.05, 0) is 78.6 Å². The molecule has 4 heteroatoms. The van der Waals surface area contributed by atoms with E-state index < -0.39 is 0 Å². The third kappa shape index (κ3) is 3.46. The molecule has 5 aromatic carbocycles. The third-order valence-electron chi connectivity index (χ3n) is 8.48. The molecule has 0 aliphatic heterocycles. The molecule has 2 heterocycles. The summed E-state index contributed by atoms with van der Waals surface area (Å²) >= 11 is 0. The topological polar surface area (TPSA) is 57.4 Å². The normalized spacial score (nSPS) is 12.4. The predicted octanol–water partition coefficient (Wildman–Crippen LogP) is 9.10. The summed E-state index contributed by atoms with van der Waals surface area (Å²) < 4.78 is 4.57. The SMILES string of the molecule is N#Cc1ccc(-n2c3ccccc3c3cccc(-c4ccc5c6c(n(-c7ccccc7C#N)c5c4)C=CCC6)c32)cc1. The zero-order valence-corrected chi connectivity index (χ0v) is 22.8. The highest BCUT2D eigenvalue weighted by molar-refractivity contribution is 6.14. The van der Waals surface area contributed by atoms with E-state index in [1.165, 1.54) is 21.7 Å². The highest BCUT2D eigenvalue weighted by Crippen LogP contribution is 2.41. The van der Waals surface area contributed by atoms with Gasteiger partial charge in [0.1, 0.15) is 6.07 Å². The minimum Gasteiger partial charge on any atom is -0.309 e. The van der Waals surface area contributed by atoms with Crippen LogP contribution in [0.4, 0.5) is 0 Å². The smallest absolute Gasteiger partial charge is 0.101 e. The molecule has 0 bridgehead atoms. The first kappa shape index (κ1) is 24.0. The third-order valence-corrected chi connectivity index (χ3v) is 8.48. The molecule has 2 aromatic heterocycles. The van der Waals surface area contributed by atoms with E-state index in [0.717, 1.165) is 57.6 Å². The number of hydrogen-bond donors (Lipinski definition) is 0. The summed E-state index contributed by atoms with van der Waals surface area (Å²) in [5, 5.41) is 23.0. The van der Waals surface area contributed by atoms with Crippen molar-refractivity contribution in [3.63, 3.8) is 0 Å². The number of rotatable bonds is 3. The molecule has 7 aromatic rings. The second-order valence-corrected chi connectivity index (χ2v) is 10.7. The fourth-order valence-electron chi connectivity index (χ4n) is 6.63. The second kappa shape index (κ2) is 9.37. The van der Waals surface area contributed by atoms with E-state index >= 15 is 0 Å². The number of para-hydroxylation sites is 3. The Labute approximate surface area is 243 Å². The van der Waals surface area contributed by atoms with Crippen molar-refractivity contribution in [3.05, 3.63) is 138 Å². The lowest BCUT2D eigenvalue weighted by Crippen LogP contribution is -2.02. The lowest BCUT2D eigenvalue weighted by Gasteiger charge is -2.14. The van der Waals surface area contributed by atoms with Crippen LogP contribution in [-0.4, -0.2) is 9.13 Å². The molecular weight excluding hydrogens is 512 g/mol. The van der Waals surface area contributed by atoms with Gasteiger partial charge in [0.05, 0.1) is 39.4 Å². The average Bonchev–Trinajstić information content (AvgIpc) is 3.57. The minimum atomic E-state index is 0.640. The van der Waals surface area contributed by atoms with Crippen molar-refractivity contribution in [3.8, 4) is 34.6 Å². The molecule has 0 saturated carbocycles. The number of benzene rings is 5. The molecule has 8 rings (SSSR count). The van der Waals surface area contributed by atoms with Gasteiger partial charge in [-0.3, -0.25) is 0 Å². The van der Waals surface area contributed by atoms with Crippen LogP contribution in [0.3, 0.4) is 0 Å². The molecular formula is C38H24N4. The Balaban J connectivity index is 1.45. The summed E-state index contributed by atoms with van der Waals surface area (Å²) in [5.74, 6) is 0. The van der Waals surface area contributed by atoms with Crippen LogP contribution in [0.5, 0.6) is 0 Å². The van der Waals surface area contributed by atoms with Gasteiger partial charge >= 0.3 is 0 Å². The summed E-state index contributed by atoms with van der Waals surface area (Å²) in [5.41, 5.74) is 11.3. The Morgan fingerprint density at radius 3 is 2.31 bits per heavy atom. The Bertz CT molecular complexity index is 2310. The molecule has 42 heavy (non-hydrogen) atoms. The molecule has 0 amide bonds. The molecule has 0 saturated heterocycles. The van der Waals surface area contributed by atoms with Gasteiger partial charge in [0.25, 0.3) is 0 Å². The van der Waals surface area contributed by atoms with Crippen LogP contribution in [0.2, 0.25) is 0 Å². The van der Waals surface area contributed by atoms with E-state index in [-0.39, 0.29) is 0 Å². The maximum absolute atomic E-state index is 9.98. The summed E-state index contributed by atoms with van der Waals surface area (Å²) in [4.78, 5) is 0. The van der Waals surface area contributed by atoms with Crippen molar-refractivity contribution < 1.29 is 0 Å². The fraction of sp³-hybridized carbons (Fsp3) is 0.0526. The van der Waals surface area contributed by atoms with Crippen LogP contribution in [0, 0.1) is 22.7 Å². The number of fused-ring (bicyclic) bond motifs is 6. The first-order valence-corrected chi connectivity index (χ1v) is 14.1. The first-order chi connectivity index (χ1) is 20.8. The lowest BCUT2D eigenvalue weighted by atomic mass is 9.97. The molecule has 0 radical (unpaired) electrons. The number of hydrogen-bond acceptors (Lipinski definition) is 2. The maximum Gasteiger partial charge on any atom is 0.101 e. The molecule has 1 aliphatic carbocycles. The summed E-state index contributed by atoms with van der Waals surface area (Å²) in [6.45, 7) is 0. The van der Waals surface area contributed by atoms with Gasteiger partial charge in [0.2, 0.25) is 0 Å². The molecule has 0 spiro atoms. The number of aryl methyl sites for hydroxylation is 1. The Morgan fingerprint density at radius 1 is 0.643 bits per heavy atom. The van der Waals surface area contributed by atoms with Gasteiger partial charge in [0.15, 0.2) is 0 Å². The Hall–Kier alpha value is -5.84. The Kier molecular flexibility index (Phi) is 5.36. The average molecular weight is 537 g/mol. The van der Waals surface area contributed by atoms with Crippen LogP contribution in [0.15, 0.2) is 115 Å². The van der Waals surface area contributed by atoms with Crippen molar-refractivity contribution in [1.82, 2.24) is 9.13 Å². The Morgan fingerprint density at radius 2 is 1.45 bits per heavy atom. The van der Waals surface area contributed by atoms with E-state index in [1.807, 2.05) is 48.5 Å². The highest BCUT2D eigenvalue weighted by Gasteiger charge is 2.22. The zero-order chi connectivity index (χ0) is 28.2. The standard InChI is InChI=1S/C38H24N4/c39-23-25-16-19-28(20-17-25)41-35-14-5-3-10-31(35)33-12-7-11-29(38(33)41)26-18-21-32-30-9-2-6-15-36(30)42(37(32)22-26)34-13-4-1-8-27(34)24-40/h1,3-8,10-22H,2,9H2. The van der Waals surface area contributed by atoms with Crippen molar-refractivity contribution >= 4 is 38.8 Å². The quantitative estimate of drug-likeness (QED) is 0.226. The summed E-state index contributed by atoms with van der Waals surface area (Å²) in [7, 11) is 0. The molecule has 0 atom stereocenters. The van der Waals surface area contributed by atoms with Gasteiger partial charge in [-0.1, -0.05) is 66.7 Å². The van der Waals surface area contributed by atoms with Gasteiger partial charge in [0, 0.05) is 33.1 Å². The van der Waals surface area contributed by atoms with Crippen molar-refractivity contribution in [1.29, 1.82) is 10.5 Å². The molecule has 0 N–H and O–H groups in total. The van der Waals surface area contributed by atoms with Crippen LogP contribution in [0.1, 0.15) is 28.8 Å². The first-order valence-electron chi connectivity index (χ1n) is 14.1. The van der Waals surface area contributed by atoms with Crippen molar-refractivity contribution in [2.75, 3.05) is 0 Å². The summed E-state index contributed by atoms with van der Waals surface area (Å²) in [6.07, 6.45) is 6.42. The molecule has 1 aliphatic rings. The largest absolute Gasteiger partial charge is 0.309 e. The number of aromatic nitrogens is 2. The van der Waals surface area contributed by atoms with Crippen LogP contribution < -0.4 is 0 Å². The van der Waals surface area contributed by atoms with Gasteiger partial charge in [-0.2, -0.15) is 10.5 Å². The molecule has 4 nitrogen and oxygen atoms in total. The predicted molar refractivity (Wildman–Crippen MR) is 170 cm³/mol. The molecule has 0 fully saturated rings. The van der Waals surface area contributed by atoms with E-state index in [0.29, 0.717) is 11.1 Å². The van der Waals surface area contributed by atoms with Crippen LogP contribution in [-0.2, 0) is 6.42 Å². The molecule has 196 valence electrons. The van der Waals surface area contributed by atoms with Crippen molar-refractivity contribution in [2.45, 2.75) is 12.8 Å². The second-order valence-electron chi connectivity index (χ2n) is 10.7.